The number of nitro benzene ring substituents is 1. The molecule has 0 atom stereocenters. The van der Waals surface area contributed by atoms with Gasteiger partial charge in [-0.1, -0.05) is 6.07 Å². The minimum Gasteiger partial charge on any atom is -0.364 e. The second-order valence-corrected chi connectivity index (χ2v) is 6.58. The van der Waals surface area contributed by atoms with Crippen LogP contribution in [0.5, 0.6) is 0 Å². The first-order chi connectivity index (χ1) is 14.0. The van der Waals surface area contributed by atoms with Gasteiger partial charge in [0.1, 0.15) is 5.82 Å². The van der Waals surface area contributed by atoms with Crippen LogP contribution in [0.25, 0.3) is 22.0 Å². The number of nitrogens with zero attached hydrogens (tertiary/aromatic N) is 4. The number of H-pyrrole nitrogens is 1. The van der Waals surface area contributed by atoms with Gasteiger partial charge in [-0.05, 0) is 53.9 Å². The maximum absolute atomic E-state index is 11.0. The molecular formula is C21H16N6O2. The summed E-state index contributed by atoms with van der Waals surface area (Å²) in [5.74, 6) is 0.660. The predicted octanol–water partition coefficient (Wildman–Crippen LogP) is 4.33. The predicted molar refractivity (Wildman–Crippen MR) is 109 cm³/mol. The Labute approximate surface area is 166 Å². The van der Waals surface area contributed by atoms with Gasteiger partial charge in [0.2, 0.25) is 0 Å². The minimum atomic E-state index is -0.422. The van der Waals surface area contributed by atoms with Crippen LogP contribution in [-0.2, 0) is 6.54 Å². The molecule has 2 N–H and O–H groups in total. The minimum absolute atomic E-state index is 0.0246. The maximum Gasteiger partial charge on any atom is 0.270 e. The summed E-state index contributed by atoms with van der Waals surface area (Å²) in [5.41, 5.74) is 5.07. The Morgan fingerprint density at radius 1 is 1.21 bits per heavy atom. The summed E-state index contributed by atoms with van der Waals surface area (Å²) < 4.78 is 0. The fourth-order valence-electron chi connectivity index (χ4n) is 3.23. The van der Waals surface area contributed by atoms with E-state index in [2.05, 4.69) is 26.6 Å². The number of anilines is 1. The highest BCUT2D eigenvalue weighted by atomic mass is 16.6. The summed E-state index contributed by atoms with van der Waals surface area (Å²) in [6, 6.07) is 16.2. The molecule has 0 unspecified atom stereocenters. The van der Waals surface area contributed by atoms with Crippen LogP contribution in [0.4, 0.5) is 11.5 Å². The van der Waals surface area contributed by atoms with E-state index in [9.17, 15) is 10.1 Å². The lowest BCUT2D eigenvalue weighted by Crippen LogP contribution is -2.02. The number of fused-ring (bicyclic) bond motifs is 1. The number of nitrogens with one attached hydrogen (secondary N) is 2. The Hall–Kier alpha value is -4.25. The van der Waals surface area contributed by atoms with Gasteiger partial charge in [0, 0.05) is 23.7 Å². The summed E-state index contributed by atoms with van der Waals surface area (Å²) in [6.45, 7) is 2.33. The molecule has 0 saturated heterocycles. The quantitative estimate of drug-likeness (QED) is 0.390. The van der Waals surface area contributed by atoms with E-state index in [0.717, 1.165) is 22.2 Å². The number of aromatic nitrogens is 3. The van der Waals surface area contributed by atoms with Crippen LogP contribution in [0.3, 0.4) is 0 Å². The third-order valence-corrected chi connectivity index (χ3v) is 4.70. The van der Waals surface area contributed by atoms with Crippen molar-refractivity contribution in [1.82, 2.24) is 15.2 Å². The van der Waals surface area contributed by atoms with Crippen molar-refractivity contribution >= 4 is 22.4 Å². The molecule has 2 aromatic carbocycles. The number of aromatic amines is 1. The smallest absolute Gasteiger partial charge is 0.270 e. The molecule has 0 saturated carbocycles. The second kappa shape index (κ2) is 7.40. The van der Waals surface area contributed by atoms with Gasteiger partial charge in [0.25, 0.3) is 5.69 Å². The highest BCUT2D eigenvalue weighted by molar-refractivity contribution is 5.83. The van der Waals surface area contributed by atoms with Crippen molar-refractivity contribution in [3.63, 3.8) is 0 Å². The third-order valence-electron chi connectivity index (χ3n) is 4.70. The highest BCUT2D eigenvalue weighted by Crippen LogP contribution is 2.26. The van der Waals surface area contributed by atoms with Gasteiger partial charge in [0.05, 0.1) is 34.3 Å². The molecule has 0 radical (unpaired) electrons. The fraction of sp³-hybridized carbons (Fsp3) is 0.0952. The number of pyridine rings is 1. The number of benzene rings is 2. The van der Waals surface area contributed by atoms with Gasteiger partial charge in [-0.25, -0.2) is 4.98 Å². The fourth-order valence-corrected chi connectivity index (χ4v) is 3.23. The van der Waals surface area contributed by atoms with Crippen LogP contribution in [0.15, 0.2) is 54.7 Å². The largest absolute Gasteiger partial charge is 0.364 e. The van der Waals surface area contributed by atoms with E-state index in [1.54, 1.807) is 18.3 Å². The summed E-state index contributed by atoms with van der Waals surface area (Å²) in [6.07, 6.45) is 1.71. The zero-order valence-corrected chi connectivity index (χ0v) is 15.5. The van der Waals surface area contributed by atoms with Gasteiger partial charge < -0.3 is 5.32 Å². The van der Waals surface area contributed by atoms with E-state index in [-0.39, 0.29) is 5.69 Å². The molecule has 8 heteroatoms. The molecule has 0 aliphatic rings. The van der Waals surface area contributed by atoms with Crippen molar-refractivity contribution in [2.24, 2.45) is 0 Å². The van der Waals surface area contributed by atoms with Crippen molar-refractivity contribution in [2.75, 3.05) is 5.32 Å². The van der Waals surface area contributed by atoms with Crippen LogP contribution < -0.4 is 5.32 Å². The number of nitro groups is 1. The first kappa shape index (κ1) is 18.1. The Bertz CT molecular complexity index is 1270. The Kier molecular flexibility index (Phi) is 4.63. The number of non-ortho nitro benzene ring substituents is 1. The summed E-state index contributed by atoms with van der Waals surface area (Å²) in [5, 5.41) is 31.1. The molecule has 142 valence electrons. The summed E-state index contributed by atoms with van der Waals surface area (Å²) in [7, 11) is 0. The lowest BCUT2D eigenvalue weighted by Gasteiger charge is -2.09. The number of rotatable bonds is 5. The molecule has 4 rings (SSSR count). The first-order valence-electron chi connectivity index (χ1n) is 8.87. The SMILES string of the molecule is Cc1cc(C#N)ccc1-c1ccnc(NCc2n[nH]c3ccc([N+](=O)[O-])cc23)c1. The molecule has 4 aromatic rings. The lowest BCUT2D eigenvalue weighted by molar-refractivity contribution is -0.384. The molecule has 2 aromatic heterocycles. The molecule has 0 bridgehead atoms. The summed E-state index contributed by atoms with van der Waals surface area (Å²) in [4.78, 5) is 15.0. The lowest BCUT2D eigenvalue weighted by atomic mass is 9.99. The topological polar surface area (TPSA) is 121 Å². The van der Waals surface area contributed by atoms with Crippen molar-refractivity contribution in [3.05, 3.63) is 81.7 Å². The van der Waals surface area contributed by atoms with Gasteiger partial charge in [-0.2, -0.15) is 10.4 Å². The molecule has 0 aliphatic carbocycles. The molecule has 0 aliphatic heterocycles. The first-order valence-corrected chi connectivity index (χ1v) is 8.87. The monoisotopic (exact) mass is 384 g/mol. The molecule has 0 spiro atoms. The van der Waals surface area contributed by atoms with Crippen molar-refractivity contribution in [3.8, 4) is 17.2 Å². The standard InChI is InChI=1S/C21H16N6O2/c1-13-8-14(11-22)2-4-17(13)15-6-7-23-21(9-15)24-12-20-18-10-16(27(28)29)3-5-19(18)25-26-20/h2-10H,12H2,1H3,(H,23,24)(H,25,26). The third kappa shape index (κ3) is 3.61. The number of nitriles is 1. The maximum atomic E-state index is 11.0. The molecule has 29 heavy (non-hydrogen) atoms. The normalized spacial score (nSPS) is 10.6. The van der Waals surface area contributed by atoms with E-state index < -0.39 is 4.92 Å². The van der Waals surface area contributed by atoms with Crippen LogP contribution in [0, 0.1) is 28.4 Å². The van der Waals surface area contributed by atoms with E-state index in [0.29, 0.717) is 29.0 Å². The zero-order chi connectivity index (χ0) is 20.4. The van der Waals surface area contributed by atoms with Crippen molar-refractivity contribution in [2.45, 2.75) is 13.5 Å². The second-order valence-electron chi connectivity index (χ2n) is 6.58. The number of aryl methyl sites for hydroxylation is 1. The van der Waals surface area contributed by atoms with Crippen molar-refractivity contribution in [1.29, 1.82) is 5.26 Å². The Balaban J connectivity index is 1.58. The van der Waals surface area contributed by atoms with Crippen LogP contribution >= 0.6 is 0 Å². The molecule has 8 nitrogen and oxygen atoms in total. The van der Waals surface area contributed by atoms with Gasteiger partial charge in [-0.15, -0.1) is 0 Å². The van der Waals surface area contributed by atoms with Crippen LogP contribution in [-0.4, -0.2) is 20.1 Å². The van der Waals surface area contributed by atoms with Crippen LogP contribution in [0.1, 0.15) is 16.8 Å². The highest BCUT2D eigenvalue weighted by Gasteiger charge is 2.12. The van der Waals surface area contributed by atoms with E-state index >= 15 is 0 Å². The van der Waals surface area contributed by atoms with E-state index in [1.807, 2.05) is 31.2 Å². The van der Waals surface area contributed by atoms with Gasteiger partial charge in [0.15, 0.2) is 0 Å². The Morgan fingerprint density at radius 2 is 2.07 bits per heavy atom. The molecule has 2 heterocycles. The Morgan fingerprint density at radius 3 is 2.83 bits per heavy atom. The number of hydrogen-bond acceptors (Lipinski definition) is 6. The average Bonchev–Trinajstić information content (AvgIpc) is 3.14. The van der Waals surface area contributed by atoms with Crippen LogP contribution in [0.2, 0.25) is 0 Å². The number of hydrogen-bond donors (Lipinski definition) is 2. The van der Waals surface area contributed by atoms with Gasteiger partial charge >= 0.3 is 0 Å². The molecule has 0 fully saturated rings. The van der Waals surface area contributed by atoms with E-state index in [1.165, 1.54) is 12.1 Å². The molecular weight excluding hydrogens is 368 g/mol. The average molecular weight is 384 g/mol. The van der Waals surface area contributed by atoms with Gasteiger partial charge in [-0.3, -0.25) is 15.2 Å². The summed E-state index contributed by atoms with van der Waals surface area (Å²) >= 11 is 0. The van der Waals surface area contributed by atoms with E-state index in [4.69, 9.17) is 5.26 Å². The molecule has 0 amide bonds. The van der Waals surface area contributed by atoms with Crippen molar-refractivity contribution < 1.29 is 4.92 Å². The zero-order valence-electron chi connectivity index (χ0n) is 15.5.